The molecular weight excluding hydrogens is 390 g/mol. The van der Waals surface area contributed by atoms with Gasteiger partial charge in [0.25, 0.3) is 0 Å². The van der Waals surface area contributed by atoms with Gasteiger partial charge in [-0.2, -0.15) is 4.31 Å². The van der Waals surface area contributed by atoms with Crippen LogP contribution >= 0.6 is 0 Å². The Morgan fingerprint density at radius 1 is 1.25 bits per heavy atom. The third kappa shape index (κ3) is 5.05. The smallest absolute Gasteiger partial charge is 0.244 e. The molecule has 0 bridgehead atoms. The van der Waals surface area contributed by atoms with Gasteiger partial charge in [-0.05, 0) is 50.0 Å². The van der Waals surface area contributed by atoms with Crippen molar-refractivity contribution in [3.63, 3.8) is 0 Å². The minimum atomic E-state index is -3.70. The van der Waals surface area contributed by atoms with Crippen LogP contribution in [0.4, 0.5) is 0 Å². The van der Waals surface area contributed by atoms with E-state index >= 15 is 0 Å². The number of aliphatic hydroxyl groups excluding tert-OH is 1. The standard InChI is InChI=1S/C21H33NO4SSi/c1-17-11-13-18(14-12-17)27(24,25)22-15-7-10-20(19(22)9-8-16-23)26-28(5,6)21(2,3)4/h11-14,19-20,23H,7,10,15-16H2,1-6H3/t19-,20+/m0/s1. The summed E-state index contributed by atoms with van der Waals surface area (Å²) < 4.78 is 34.7. The third-order valence-corrected chi connectivity index (χ3v) is 12.1. The van der Waals surface area contributed by atoms with Gasteiger partial charge in [-0.3, -0.25) is 0 Å². The highest BCUT2D eigenvalue weighted by atomic mass is 32.2. The molecule has 0 radical (unpaired) electrons. The van der Waals surface area contributed by atoms with Crippen molar-refractivity contribution in [2.75, 3.05) is 13.2 Å². The number of hydrogen-bond acceptors (Lipinski definition) is 4. The van der Waals surface area contributed by atoms with E-state index in [0.29, 0.717) is 6.54 Å². The summed E-state index contributed by atoms with van der Waals surface area (Å²) in [5.41, 5.74) is 1.01. The van der Waals surface area contributed by atoms with Crippen LogP contribution in [0, 0.1) is 18.8 Å². The van der Waals surface area contributed by atoms with Crippen molar-refractivity contribution in [1.29, 1.82) is 0 Å². The van der Waals surface area contributed by atoms with Crippen molar-refractivity contribution in [2.45, 2.75) is 75.7 Å². The molecule has 1 saturated heterocycles. The van der Waals surface area contributed by atoms with E-state index in [1.807, 2.05) is 6.92 Å². The molecule has 28 heavy (non-hydrogen) atoms. The van der Waals surface area contributed by atoms with Crippen molar-refractivity contribution in [2.24, 2.45) is 0 Å². The van der Waals surface area contributed by atoms with Crippen LogP contribution in [0.25, 0.3) is 0 Å². The van der Waals surface area contributed by atoms with Gasteiger partial charge in [0.1, 0.15) is 12.6 Å². The number of aliphatic hydroxyl groups is 1. The average molecular weight is 424 g/mol. The molecule has 0 amide bonds. The van der Waals surface area contributed by atoms with E-state index < -0.39 is 24.4 Å². The number of benzene rings is 1. The van der Waals surface area contributed by atoms with Crippen LogP contribution in [0.2, 0.25) is 18.1 Å². The highest BCUT2D eigenvalue weighted by molar-refractivity contribution is 7.89. The van der Waals surface area contributed by atoms with Crippen molar-refractivity contribution >= 4 is 18.3 Å². The summed E-state index contributed by atoms with van der Waals surface area (Å²) in [7, 11) is -5.80. The maximum Gasteiger partial charge on any atom is 0.244 e. The van der Waals surface area contributed by atoms with Crippen LogP contribution in [0.15, 0.2) is 29.2 Å². The molecule has 0 spiro atoms. The molecule has 2 rings (SSSR count). The molecule has 0 aliphatic carbocycles. The lowest BCUT2D eigenvalue weighted by molar-refractivity contribution is 0.0866. The lowest BCUT2D eigenvalue weighted by Crippen LogP contribution is -2.55. The fraction of sp³-hybridized carbons (Fsp3) is 0.619. The number of aryl methyl sites for hydroxylation is 1. The second-order valence-electron chi connectivity index (χ2n) is 8.91. The predicted octanol–water partition coefficient (Wildman–Crippen LogP) is 3.53. The predicted molar refractivity (Wildman–Crippen MR) is 115 cm³/mol. The van der Waals surface area contributed by atoms with E-state index in [1.165, 1.54) is 4.31 Å². The fourth-order valence-corrected chi connectivity index (χ4v) is 6.00. The molecule has 7 heteroatoms. The van der Waals surface area contributed by atoms with E-state index in [4.69, 9.17) is 4.43 Å². The third-order valence-electron chi connectivity index (χ3n) is 5.74. The molecule has 1 aliphatic rings. The zero-order chi connectivity index (χ0) is 21.2. The summed E-state index contributed by atoms with van der Waals surface area (Å²) in [5.74, 6) is 5.65. The maximum absolute atomic E-state index is 13.3. The first-order chi connectivity index (χ1) is 12.9. The van der Waals surface area contributed by atoms with Gasteiger partial charge < -0.3 is 9.53 Å². The number of nitrogens with zero attached hydrogens (tertiary/aromatic N) is 1. The summed E-state index contributed by atoms with van der Waals surface area (Å²) in [4.78, 5) is 0.266. The molecule has 5 nitrogen and oxygen atoms in total. The number of hydrogen-bond donors (Lipinski definition) is 1. The van der Waals surface area contributed by atoms with Crippen LogP contribution in [0.5, 0.6) is 0 Å². The van der Waals surface area contributed by atoms with Gasteiger partial charge in [0.2, 0.25) is 10.0 Å². The van der Waals surface area contributed by atoms with E-state index in [1.54, 1.807) is 24.3 Å². The zero-order valence-corrected chi connectivity index (χ0v) is 19.6. The highest BCUT2D eigenvalue weighted by Gasteiger charge is 2.45. The highest BCUT2D eigenvalue weighted by Crippen LogP contribution is 2.39. The molecule has 1 heterocycles. The normalized spacial score (nSPS) is 21.8. The van der Waals surface area contributed by atoms with Gasteiger partial charge >= 0.3 is 0 Å². The topological polar surface area (TPSA) is 66.8 Å². The Hall–Kier alpha value is -1.17. The van der Waals surface area contributed by atoms with E-state index in [2.05, 4.69) is 45.7 Å². The fourth-order valence-electron chi connectivity index (χ4n) is 3.04. The monoisotopic (exact) mass is 423 g/mol. The number of sulfonamides is 1. The van der Waals surface area contributed by atoms with Crippen LogP contribution in [-0.4, -0.2) is 51.4 Å². The Labute approximate surface area is 171 Å². The van der Waals surface area contributed by atoms with Crippen molar-refractivity contribution in [1.82, 2.24) is 4.31 Å². The van der Waals surface area contributed by atoms with Crippen LogP contribution in [0.1, 0.15) is 39.2 Å². The Bertz CT molecular complexity index is 832. The molecule has 0 saturated carbocycles. The Morgan fingerprint density at radius 3 is 2.39 bits per heavy atom. The van der Waals surface area contributed by atoms with Crippen LogP contribution in [-0.2, 0) is 14.4 Å². The molecule has 1 aromatic carbocycles. The minimum Gasteiger partial charge on any atom is -0.411 e. The molecule has 1 aromatic rings. The van der Waals surface area contributed by atoms with Crippen LogP contribution in [0.3, 0.4) is 0 Å². The van der Waals surface area contributed by atoms with Crippen molar-refractivity contribution < 1.29 is 18.0 Å². The molecule has 0 aromatic heterocycles. The van der Waals surface area contributed by atoms with Gasteiger partial charge in [-0.1, -0.05) is 50.3 Å². The molecular formula is C21H33NO4SSi. The zero-order valence-electron chi connectivity index (χ0n) is 17.8. The maximum atomic E-state index is 13.3. The molecule has 1 fully saturated rings. The van der Waals surface area contributed by atoms with Gasteiger partial charge in [0.15, 0.2) is 8.32 Å². The molecule has 0 unspecified atom stereocenters. The van der Waals surface area contributed by atoms with Crippen LogP contribution < -0.4 is 0 Å². The minimum absolute atomic E-state index is 0.0140. The Kier molecular flexibility index (Phi) is 7.16. The summed E-state index contributed by atoms with van der Waals surface area (Å²) in [6.45, 7) is 12.8. The van der Waals surface area contributed by atoms with E-state index in [-0.39, 0.29) is 22.6 Å². The first kappa shape index (κ1) is 23.1. The van der Waals surface area contributed by atoms with E-state index in [9.17, 15) is 13.5 Å². The first-order valence-electron chi connectivity index (χ1n) is 9.76. The molecule has 2 atom stereocenters. The van der Waals surface area contributed by atoms with Gasteiger partial charge in [0, 0.05) is 6.54 Å². The number of piperidine rings is 1. The lowest BCUT2D eigenvalue weighted by atomic mass is 10.0. The Morgan fingerprint density at radius 2 is 1.86 bits per heavy atom. The summed E-state index contributed by atoms with van der Waals surface area (Å²) in [5, 5.41) is 9.22. The van der Waals surface area contributed by atoms with E-state index in [0.717, 1.165) is 18.4 Å². The first-order valence-corrected chi connectivity index (χ1v) is 14.1. The van der Waals surface area contributed by atoms with Gasteiger partial charge in [0.05, 0.1) is 11.0 Å². The Balaban J connectivity index is 2.41. The molecule has 156 valence electrons. The average Bonchev–Trinajstić information content (AvgIpc) is 2.59. The summed E-state index contributed by atoms with van der Waals surface area (Å²) in [6, 6.07) is 6.28. The summed E-state index contributed by atoms with van der Waals surface area (Å²) in [6.07, 6.45) is 1.19. The quantitative estimate of drug-likeness (QED) is 0.594. The van der Waals surface area contributed by atoms with Crippen molar-refractivity contribution in [3.05, 3.63) is 29.8 Å². The van der Waals surface area contributed by atoms with Gasteiger partial charge in [-0.15, -0.1) is 0 Å². The molecule has 1 N–H and O–H groups in total. The van der Waals surface area contributed by atoms with Crippen molar-refractivity contribution in [3.8, 4) is 11.8 Å². The SMILES string of the molecule is Cc1ccc(S(=O)(=O)N2CCC[C@@H](O[Si](C)(C)C(C)(C)C)[C@@H]2C#CCO)cc1. The lowest BCUT2D eigenvalue weighted by Gasteiger charge is -2.44. The second-order valence-corrected chi connectivity index (χ2v) is 15.6. The molecule has 1 aliphatic heterocycles. The second kappa shape index (κ2) is 8.68. The number of rotatable bonds is 4. The van der Waals surface area contributed by atoms with Gasteiger partial charge in [-0.25, -0.2) is 8.42 Å². The summed E-state index contributed by atoms with van der Waals surface area (Å²) >= 11 is 0. The largest absolute Gasteiger partial charge is 0.411 e.